The van der Waals surface area contributed by atoms with Gasteiger partial charge >= 0.3 is 0 Å². The van der Waals surface area contributed by atoms with Crippen LogP contribution in [-0.2, 0) is 11.2 Å². The fourth-order valence-electron chi connectivity index (χ4n) is 4.18. The van der Waals surface area contributed by atoms with Crippen molar-refractivity contribution >= 4 is 28.3 Å². The van der Waals surface area contributed by atoms with E-state index < -0.39 is 0 Å². The maximum Gasteiger partial charge on any atom is 0.224 e. The fourth-order valence-corrected chi connectivity index (χ4v) is 4.91. The molecule has 0 saturated carbocycles. The van der Waals surface area contributed by atoms with Crippen molar-refractivity contribution in [2.75, 3.05) is 49.1 Å². The second kappa shape index (κ2) is 12.1. The lowest BCUT2D eigenvalue weighted by Gasteiger charge is -2.36. The molecule has 0 spiro atoms. The molecule has 1 aliphatic rings. The minimum atomic E-state index is -0.260. The SMILES string of the molecule is CCCCN(CCC(=O)N1CCN(c2ccccc2F)CC1)c1nc(Cc2ccc(F)cc2)ns1. The first-order valence-electron chi connectivity index (χ1n) is 12.1. The molecule has 1 aromatic heterocycles. The number of benzene rings is 2. The highest BCUT2D eigenvalue weighted by Crippen LogP contribution is 2.22. The molecule has 1 aliphatic heterocycles. The van der Waals surface area contributed by atoms with Gasteiger partial charge in [0.15, 0.2) is 0 Å². The number of hydrogen-bond acceptors (Lipinski definition) is 6. The molecule has 1 fully saturated rings. The van der Waals surface area contributed by atoms with Gasteiger partial charge in [0, 0.05) is 63.6 Å². The third-order valence-corrected chi connectivity index (χ3v) is 7.02. The number of unbranched alkanes of at least 4 members (excludes halogenated alkanes) is 1. The predicted molar refractivity (Wildman–Crippen MR) is 136 cm³/mol. The van der Waals surface area contributed by atoms with Crippen molar-refractivity contribution in [2.24, 2.45) is 0 Å². The van der Waals surface area contributed by atoms with Gasteiger partial charge in [-0.05, 0) is 36.2 Å². The van der Waals surface area contributed by atoms with E-state index >= 15 is 0 Å². The van der Waals surface area contributed by atoms with E-state index in [-0.39, 0.29) is 17.5 Å². The molecule has 1 amide bonds. The predicted octanol–water partition coefficient (Wildman–Crippen LogP) is 4.75. The zero-order chi connectivity index (χ0) is 24.6. The first-order valence-corrected chi connectivity index (χ1v) is 12.9. The molecule has 4 rings (SSSR count). The van der Waals surface area contributed by atoms with E-state index in [4.69, 9.17) is 4.98 Å². The van der Waals surface area contributed by atoms with Gasteiger partial charge in [0.2, 0.25) is 11.0 Å². The second-order valence-corrected chi connectivity index (χ2v) is 9.44. The van der Waals surface area contributed by atoms with Crippen molar-refractivity contribution in [2.45, 2.75) is 32.6 Å². The smallest absolute Gasteiger partial charge is 0.224 e. The summed E-state index contributed by atoms with van der Waals surface area (Å²) < 4.78 is 31.7. The van der Waals surface area contributed by atoms with Crippen LogP contribution in [0.1, 0.15) is 37.6 Å². The largest absolute Gasteiger partial charge is 0.366 e. The zero-order valence-electron chi connectivity index (χ0n) is 20.0. The summed E-state index contributed by atoms with van der Waals surface area (Å²) in [6.45, 7) is 5.95. The number of carbonyl (C=O) groups excluding carboxylic acids is 1. The Bertz CT molecular complexity index is 1100. The molecule has 3 aromatic rings. The molecule has 0 unspecified atom stereocenters. The van der Waals surface area contributed by atoms with E-state index in [1.54, 1.807) is 24.3 Å². The number of aromatic nitrogens is 2. The van der Waals surface area contributed by atoms with Crippen LogP contribution in [0.4, 0.5) is 19.6 Å². The third-order valence-electron chi connectivity index (χ3n) is 6.21. The van der Waals surface area contributed by atoms with Crippen molar-refractivity contribution in [1.29, 1.82) is 0 Å². The van der Waals surface area contributed by atoms with E-state index in [0.29, 0.717) is 57.1 Å². The van der Waals surface area contributed by atoms with E-state index in [1.807, 2.05) is 15.9 Å². The molecule has 0 radical (unpaired) electrons. The summed E-state index contributed by atoms with van der Waals surface area (Å²) in [7, 11) is 0. The molecule has 35 heavy (non-hydrogen) atoms. The standard InChI is InChI=1S/C26H31F2N5OS/c1-2-3-13-33(26-29-24(30-35-26)19-20-8-10-21(27)11-9-20)14-12-25(34)32-17-15-31(16-18-32)23-7-5-4-6-22(23)28/h4-11H,2-3,12-19H2,1H3. The summed E-state index contributed by atoms with van der Waals surface area (Å²) in [5.74, 6) is 0.323. The van der Waals surface area contributed by atoms with Crippen LogP contribution in [-0.4, -0.2) is 59.4 Å². The Labute approximate surface area is 209 Å². The number of piperazine rings is 1. The summed E-state index contributed by atoms with van der Waals surface area (Å²) in [6, 6.07) is 13.1. The Balaban J connectivity index is 1.31. The average molecular weight is 500 g/mol. The monoisotopic (exact) mass is 499 g/mol. The Hall–Kier alpha value is -3.07. The quantitative estimate of drug-likeness (QED) is 0.403. The van der Waals surface area contributed by atoms with Crippen molar-refractivity contribution in [1.82, 2.24) is 14.3 Å². The summed E-state index contributed by atoms with van der Waals surface area (Å²) in [4.78, 5) is 23.6. The summed E-state index contributed by atoms with van der Waals surface area (Å²) >= 11 is 1.34. The number of anilines is 2. The van der Waals surface area contributed by atoms with Crippen LogP contribution in [0, 0.1) is 11.6 Å². The molecule has 0 aliphatic carbocycles. The lowest BCUT2D eigenvalue weighted by Crippen LogP contribution is -2.49. The number of carbonyl (C=O) groups is 1. The van der Waals surface area contributed by atoms with Crippen LogP contribution in [0.15, 0.2) is 48.5 Å². The number of amides is 1. The van der Waals surface area contributed by atoms with Crippen LogP contribution in [0.5, 0.6) is 0 Å². The molecule has 0 atom stereocenters. The second-order valence-electron chi connectivity index (χ2n) is 8.71. The van der Waals surface area contributed by atoms with Gasteiger partial charge in [0.25, 0.3) is 0 Å². The molecule has 1 saturated heterocycles. The zero-order valence-corrected chi connectivity index (χ0v) is 20.8. The van der Waals surface area contributed by atoms with Gasteiger partial charge in [-0.2, -0.15) is 4.37 Å². The number of rotatable bonds is 10. The van der Waals surface area contributed by atoms with Crippen LogP contribution < -0.4 is 9.80 Å². The van der Waals surface area contributed by atoms with Gasteiger partial charge in [0.1, 0.15) is 17.5 Å². The Morgan fingerprint density at radius 2 is 1.77 bits per heavy atom. The number of para-hydroxylation sites is 1. The highest BCUT2D eigenvalue weighted by molar-refractivity contribution is 7.09. The van der Waals surface area contributed by atoms with Crippen molar-refractivity contribution in [3.05, 3.63) is 71.6 Å². The molecule has 6 nitrogen and oxygen atoms in total. The fraction of sp³-hybridized carbons (Fsp3) is 0.423. The molecule has 9 heteroatoms. The van der Waals surface area contributed by atoms with Crippen LogP contribution in [0.3, 0.4) is 0 Å². The van der Waals surface area contributed by atoms with Crippen molar-refractivity contribution in [3.63, 3.8) is 0 Å². The normalized spacial score (nSPS) is 13.8. The number of nitrogens with zero attached hydrogens (tertiary/aromatic N) is 5. The summed E-state index contributed by atoms with van der Waals surface area (Å²) in [5, 5.41) is 0.813. The molecular formula is C26H31F2N5OS. The molecule has 0 N–H and O–H groups in total. The first kappa shape index (κ1) is 25.0. The average Bonchev–Trinajstić information content (AvgIpc) is 3.34. The minimum Gasteiger partial charge on any atom is -0.366 e. The van der Waals surface area contributed by atoms with Crippen molar-refractivity contribution in [3.8, 4) is 0 Å². The van der Waals surface area contributed by atoms with E-state index in [2.05, 4.69) is 16.2 Å². The number of hydrogen-bond donors (Lipinski definition) is 0. The Kier molecular flexibility index (Phi) is 8.63. The van der Waals surface area contributed by atoms with Crippen molar-refractivity contribution < 1.29 is 13.6 Å². The number of halogens is 2. The molecular weight excluding hydrogens is 468 g/mol. The molecule has 2 aromatic carbocycles. The van der Waals surface area contributed by atoms with E-state index in [1.165, 1.54) is 29.7 Å². The highest BCUT2D eigenvalue weighted by atomic mass is 32.1. The van der Waals surface area contributed by atoms with Gasteiger partial charge in [-0.3, -0.25) is 4.79 Å². The maximum absolute atomic E-state index is 14.1. The summed E-state index contributed by atoms with van der Waals surface area (Å²) in [5.41, 5.74) is 1.55. The van der Waals surface area contributed by atoms with E-state index in [9.17, 15) is 13.6 Å². The van der Waals surface area contributed by atoms with Gasteiger partial charge in [-0.15, -0.1) is 0 Å². The molecule has 0 bridgehead atoms. The first-order chi connectivity index (χ1) is 17.0. The lowest BCUT2D eigenvalue weighted by atomic mass is 10.1. The minimum absolute atomic E-state index is 0.107. The van der Waals surface area contributed by atoms with Gasteiger partial charge in [-0.25, -0.2) is 13.8 Å². The topological polar surface area (TPSA) is 52.6 Å². The lowest BCUT2D eigenvalue weighted by molar-refractivity contribution is -0.131. The summed E-state index contributed by atoms with van der Waals surface area (Å²) in [6.07, 6.45) is 2.99. The Morgan fingerprint density at radius 3 is 2.49 bits per heavy atom. The van der Waals surface area contributed by atoms with E-state index in [0.717, 1.165) is 30.1 Å². The van der Waals surface area contributed by atoms with Gasteiger partial charge in [-0.1, -0.05) is 37.6 Å². The molecule has 186 valence electrons. The van der Waals surface area contributed by atoms with Crippen LogP contribution in [0.2, 0.25) is 0 Å². The van der Waals surface area contributed by atoms with Crippen LogP contribution in [0.25, 0.3) is 0 Å². The highest BCUT2D eigenvalue weighted by Gasteiger charge is 2.23. The maximum atomic E-state index is 14.1. The molecule has 2 heterocycles. The van der Waals surface area contributed by atoms with Crippen LogP contribution >= 0.6 is 11.5 Å². The van der Waals surface area contributed by atoms with Gasteiger partial charge < -0.3 is 14.7 Å². The third kappa shape index (κ3) is 6.75. The Morgan fingerprint density at radius 1 is 1.03 bits per heavy atom. The van der Waals surface area contributed by atoms with Gasteiger partial charge in [0.05, 0.1) is 5.69 Å².